The summed E-state index contributed by atoms with van der Waals surface area (Å²) in [4.78, 5) is 40.6. The van der Waals surface area contributed by atoms with Crippen LogP contribution in [0.4, 0.5) is 11.4 Å². The number of fused-ring (bicyclic) bond motifs is 1. The minimum atomic E-state index is -3.11. The zero-order valence-electron chi connectivity index (χ0n) is 16.6. The minimum Gasteiger partial charge on any atom is -0.326 e. The Labute approximate surface area is 177 Å². The third-order valence-corrected chi connectivity index (χ3v) is 6.67. The van der Waals surface area contributed by atoms with Gasteiger partial charge in [-0.1, -0.05) is 6.07 Å². The van der Waals surface area contributed by atoms with Crippen LogP contribution in [-0.4, -0.2) is 51.1 Å². The second-order valence-electron chi connectivity index (χ2n) is 7.37. The lowest BCUT2D eigenvalue weighted by atomic mass is 10.2. The normalized spacial score (nSPS) is 17.5. The molecule has 0 saturated carbocycles. The van der Waals surface area contributed by atoms with Gasteiger partial charge in [0.2, 0.25) is 11.8 Å². The first-order valence-electron chi connectivity index (χ1n) is 9.52. The number of anilines is 2. The lowest BCUT2D eigenvalue weighted by Crippen LogP contribution is -2.28. The van der Waals surface area contributed by atoms with E-state index in [0.717, 1.165) is 4.57 Å². The van der Waals surface area contributed by atoms with Gasteiger partial charge >= 0.3 is 0 Å². The molecule has 3 aromatic rings. The van der Waals surface area contributed by atoms with Gasteiger partial charge in [-0.25, -0.2) is 18.1 Å². The summed E-state index contributed by atoms with van der Waals surface area (Å²) in [6.45, 7) is 1.11. The summed E-state index contributed by atoms with van der Waals surface area (Å²) in [5.74, 6) is -0.629. The van der Waals surface area contributed by atoms with Crippen molar-refractivity contribution in [2.24, 2.45) is 0 Å². The fourth-order valence-corrected chi connectivity index (χ4v) is 5.24. The second-order valence-corrected chi connectivity index (χ2v) is 9.60. The number of hydrogen-bond donors (Lipinski definition) is 2. The van der Waals surface area contributed by atoms with Crippen molar-refractivity contribution in [1.82, 2.24) is 19.3 Å². The average molecular weight is 444 g/mol. The van der Waals surface area contributed by atoms with Gasteiger partial charge in [0.1, 0.15) is 18.3 Å². The summed E-state index contributed by atoms with van der Waals surface area (Å²) in [7, 11) is -3.11. The Hall–Kier alpha value is -3.54. The van der Waals surface area contributed by atoms with Gasteiger partial charge < -0.3 is 10.6 Å². The number of carbonyl (C=O) groups excluding carboxylic acids is 2. The summed E-state index contributed by atoms with van der Waals surface area (Å²) in [6, 6.07) is 6.27. The zero-order valence-corrected chi connectivity index (χ0v) is 17.4. The molecule has 0 aliphatic carbocycles. The van der Waals surface area contributed by atoms with Crippen molar-refractivity contribution in [3.63, 3.8) is 0 Å². The molecule has 0 spiro atoms. The fraction of sp³-hybridized carbons (Fsp3) is 0.316. The molecular weight excluding hydrogens is 424 g/mol. The number of hydrogen-bond acceptors (Lipinski definition) is 7. The van der Waals surface area contributed by atoms with Crippen molar-refractivity contribution in [2.45, 2.75) is 25.9 Å². The highest BCUT2D eigenvalue weighted by Crippen LogP contribution is 2.25. The molecule has 1 aliphatic rings. The molecule has 11 nitrogen and oxygen atoms in total. The van der Waals surface area contributed by atoms with E-state index in [2.05, 4.69) is 20.7 Å². The molecule has 12 heteroatoms. The Balaban J connectivity index is 1.52. The van der Waals surface area contributed by atoms with E-state index in [1.54, 1.807) is 24.3 Å². The maximum absolute atomic E-state index is 12.8. The Bertz CT molecular complexity index is 1340. The van der Waals surface area contributed by atoms with E-state index in [4.69, 9.17) is 0 Å². The van der Waals surface area contributed by atoms with E-state index in [-0.39, 0.29) is 35.4 Å². The minimum absolute atomic E-state index is 0.0332. The lowest BCUT2D eigenvalue weighted by molar-refractivity contribution is -0.117. The largest absolute Gasteiger partial charge is 0.326 e. The summed E-state index contributed by atoms with van der Waals surface area (Å²) >= 11 is 0. The van der Waals surface area contributed by atoms with Gasteiger partial charge in [-0.05, 0) is 24.6 Å². The molecule has 31 heavy (non-hydrogen) atoms. The van der Waals surface area contributed by atoms with Gasteiger partial charge in [0, 0.05) is 18.3 Å². The third kappa shape index (κ3) is 4.48. The maximum Gasteiger partial charge on any atom is 0.264 e. The van der Waals surface area contributed by atoms with E-state index >= 15 is 0 Å². The highest BCUT2D eigenvalue weighted by Gasteiger charge is 2.31. The van der Waals surface area contributed by atoms with Crippen LogP contribution in [0.15, 0.2) is 41.6 Å². The van der Waals surface area contributed by atoms with Crippen LogP contribution in [0.2, 0.25) is 0 Å². The number of amides is 2. The Morgan fingerprint density at radius 2 is 1.97 bits per heavy atom. The maximum atomic E-state index is 12.8. The van der Waals surface area contributed by atoms with Gasteiger partial charge in [-0.15, -0.1) is 0 Å². The van der Waals surface area contributed by atoms with E-state index in [9.17, 15) is 22.8 Å². The highest BCUT2D eigenvalue weighted by molar-refractivity contribution is 7.91. The van der Waals surface area contributed by atoms with Crippen LogP contribution < -0.4 is 16.2 Å². The van der Waals surface area contributed by atoms with Gasteiger partial charge in [0.15, 0.2) is 15.5 Å². The molecule has 3 heterocycles. The molecule has 2 amide bonds. The van der Waals surface area contributed by atoms with Crippen LogP contribution in [0, 0.1) is 0 Å². The first kappa shape index (κ1) is 20.7. The highest BCUT2D eigenvalue weighted by atomic mass is 32.2. The standard InChI is InChI=1S/C19H20N6O5S/c1-12(26)22-13-3-2-4-14(7-13)23-17(27)9-24-11-20-18-16(19(24)28)8-21-25(18)15-5-6-31(29,30)10-15/h2-4,7-8,11,15H,5-6,9-10H2,1H3,(H,22,26)(H,23,27). The summed E-state index contributed by atoms with van der Waals surface area (Å²) in [5.41, 5.74) is 0.853. The number of nitrogens with one attached hydrogen (secondary N) is 2. The van der Waals surface area contributed by atoms with Crippen LogP contribution in [0.5, 0.6) is 0 Å². The molecule has 2 aromatic heterocycles. The van der Waals surface area contributed by atoms with Crippen molar-refractivity contribution in [2.75, 3.05) is 22.1 Å². The van der Waals surface area contributed by atoms with Gasteiger partial charge in [-0.2, -0.15) is 5.10 Å². The van der Waals surface area contributed by atoms with Crippen molar-refractivity contribution in [3.8, 4) is 0 Å². The molecule has 4 rings (SSSR count). The van der Waals surface area contributed by atoms with Gasteiger partial charge in [0.05, 0.1) is 23.7 Å². The Morgan fingerprint density at radius 3 is 2.65 bits per heavy atom. The smallest absolute Gasteiger partial charge is 0.264 e. The first-order chi connectivity index (χ1) is 14.7. The predicted molar refractivity (Wildman–Crippen MR) is 113 cm³/mol. The molecule has 1 fully saturated rings. The fourth-order valence-electron chi connectivity index (χ4n) is 3.55. The van der Waals surface area contributed by atoms with Crippen molar-refractivity contribution >= 4 is 44.1 Å². The molecule has 0 bridgehead atoms. The molecule has 0 radical (unpaired) electrons. The Kier molecular flexibility index (Phi) is 5.31. The SMILES string of the molecule is CC(=O)Nc1cccc(NC(=O)Cn2cnc3c(cnn3C3CCS(=O)(=O)C3)c2=O)c1. The second kappa shape index (κ2) is 7.95. The molecule has 1 unspecified atom stereocenters. The molecule has 1 atom stereocenters. The van der Waals surface area contributed by atoms with Crippen LogP contribution in [0.3, 0.4) is 0 Å². The molecule has 162 valence electrons. The zero-order chi connectivity index (χ0) is 22.2. The van der Waals surface area contributed by atoms with E-state index in [1.807, 2.05) is 0 Å². The number of rotatable bonds is 5. The number of benzene rings is 1. The number of nitrogens with zero attached hydrogens (tertiary/aromatic N) is 4. The predicted octanol–water partition coefficient (Wildman–Crippen LogP) is 0.550. The van der Waals surface area contributed by atoms with Crippen LogP contribution in [0.25, 0.3) is 11.0 Å². The van der Waals surface area contributed by atoms with Gasteiger partial charge in [-0.3, -0.25) is 19.0 Å². The van der Waals surface area contributed by atoms with Gasteiger partial charge in [0.25, 0.3) is 5.56 Å². The molecule has 1 aromatic carbocycles. The van der Waals surface area contributed by atoms with E-state index in [1.165, 1.54) is 24.1 Å². The first-order valence-corrected chi connectivity index (χ1v) is 11.3. The molecular formula is C19H20N6O5S. The van der Waals surface area contributed by atoms with E-state index in [0.29, 0.717) is 23.4 Å². The molecule has 2 N–H and O–H groups in total. The summed E-state index contributed by atoms with van der Waals surface area (Å²) < 4.78 is 26.1. The summed E-state index contributed by atoms with van der Waals surface area (Å²) in [6.07, 6.45) is 3.02. The van der Waals surface area contributed by atoms with Crippen molar-refractivity contribution in [1.29, 1.82) is 0 Å². The van der Waals surface area contributed by atoms with Crippen LogP contribution in [-0.2, 0) is 26.0 Å². The Morgan fingerprint density at radius 1 is 1.23 bits per heavy atom. The average Bonchev–Trinajstić information content (AvgIpc) is 3.27. The topological polar surface area (TPSA) is 145 Å². The van der Waals surface area contributed by atoms with Crippen molar-refractivity contribution in [3.05, 3.63) is 47.1 Å². The van der Waals surface area contributed by atoms with Crippen molar-refractivity contribution < 1.29 is 18.0 Å². The quantitative estimate of drug-likeness (QED) is 0.584. The monoisotopic (exact) mass is 444 g/mol. The van der Waals surface area contributed by atoms with Crippen LogP contribution >= 0.6 is 0 Å². The summed E-state index contributed by atoms with van der Waals surface area (Å²) in [5, 5.41) is 9.68. The lowest BCUT2D eigenvalue weighted by Gasteiger charge is -2.11. The number of aromatic nitrogens is 4. The van der Waals surface area contributed by atoms with E-state index < -0.39 is 21.3 Å². The molecule has 1 saturated heterocycles. The van der Waals surface area contributed by atoms with Crippen LogP contribution in [0.1, 0.15) is 19.4 Å². The third-order valence-electron chi connectivity index (χ3n) is 4.91. The number of sulfone groups is 1. The number of carbonyl (C=O) groups is 2. The molecule has 1 aliphatic heterocycles.